The predicted molar refractivity (Wildman–Crippen MR) is 101 cm³/mol. The van der Waals surface area contributed by atoms with Crippen LogP contribution in [0, 0.1) is 0 Å². The molecule has 134 valence electrons. The van der Waals surface area contributed by atoms with E-state index in [-0.39, 0.29) is 0 Å². The van der Waals surface area contributed by atoms with Gasteiger partial charge in [0.25, 0.3) is 5.88 Å². The third kappa shape index (κ3) is 3.40. The largest absolute Gasteiger partial charge is 0.478 e. The summed E-state index contributed by atoms with van der Waals surface area (Å²) in [4.78, 5) is 15.7. The first kappa shape index (κ1) is 16.6. The number of nitrogens with zero attached hydrogens (tertiary/aromatic N) is 5. The molecule has 0 unspecified atom stereocenters. The molecule has 6 heteroatoms. The second-order valence-electron chi connectivity index (χ2n) is 6.57. The number of anilines is 1. The van der Waals surface area contributed by atoms with Gasteiger partial charge in [0.1, 0.15) is 5.82 Å². The molecule has 1 saturated heterocycles. The molecule has 0 aliphatic carbocycles. The van der Waals surface area contributed by atoms with Crippen molar-refractivity contribution >= 4 is 5.82 Å². The number of rotatable bonds is 5. The summed E-state index contributed by atoms with van der Waals surface area (Å²) in [5, 5.41) is 0. The van der Waals surface area contributed by atoms with Crippen LogP contribution in [0.3, 0.4) is 0 Å². The number of methoxy groups -OCH3 is 1. The highest BCUT2D eigenvalue weighted by molar-refractivity contribution is 5.48. The number of imidazole rings is 1. The summed E-state index contributed by atoms with van der Waals surface area (Å²) in [5.74, 6) is 2.91. The monoisotopic (exact) mass is 349 g/mol. The number of ether oxygens (including phenoxy) is 1. The second kappa shape index (κ2) is 7.56. The van der Waals surface area contributed by atoms with E-state index in [2.05, 4.69) is 54.9 Å². The Labute approximate surface area is 153 Å². The van der Waals surface area contributed by atoms with E-state index in [0.717, 1.165) is 44.1 Å². The summed E-state index contributed by atoms with van der Waals surface area (Å²) < 4.78 is 7.65. The van der Waals surface area contributed by atoms with E-state index in [4.69, 9.17) is 4.74 Å². The lowest BCUT2D eigenvalue weighted by molar-refractivity contribution is 0.390. The Balaban J connectivity index is 1.55. The summed E-state index contributed by atoms with van der Waals surface area (Å²) in [5.41, 5.74) is 1.29. The van der Waals surface area contributed by atoms with Gasteiger partial charge in [0, 0.05) is 50.3 Å². The molecule has 4 rings (SSSR count). The zero-order chi connectivity index (χ0) is 17.8. The fourth-order valence-electron chi connectivity index (χ4n) is 3.65. The van der Waals surface area contributed by atoms with Crippen LogP contribution in [0.15, 0.2) is 55.1 Å². The SMILES string of the molecule is COc1nccnc1N1CCC[C@H](c2nccn2Cc2ccccc2)C1. The topological polar surface area (TPSA) is 56.1 Å². The van der Waals surface area contributed by atoms with Crippen molar-refractivity contribution in [3.05, 3.63) is 66.5 Å². The molecule has 3 heterocycles. The van der Waals surface area contributed by atoms with E-state index in [1.807, 2.05) is 12.3 Å². The number of piperidine rings is 1. The van der Waals surface area contributed by atoms with Crippen LogP contribution in [0.25, 0.3) is 0 Å². The fraction of sp³-hybridized carbons (Fsp3) is 0.350. The van der Waals surface area contributed by atoms with Gasteiger partial charge in [-0.2, -0.15) is 0 Å². The molecule has 0 bridgehead atoms. The lowest BCUT2D eigenvalue weighted by Crippen LogP contribution is -2.36. The van der Waals surface area contributed by atoms with E-state index < -0.39 is 0 Å². The molecule has 26 heavy (non-hydrogen) atoms. The molecular weight excluding hydrogens is 326 g/mol. The Hall–Kier alpha value is -2.89. The highest BCUT2D eigenvalue weighted by atomic mass is 16.5. The average Bonchev–Trinajstić information content (AvgIpc) is 3.17. The molecule has 0 spiro atoms. The van der Waals surface area contributed by atoms with Gasteiger partial charge >= 0.3 is 0 Å². The smallest absolute Gasteiger partial charge is 0.257 e. The third-order valence-corrected chi connectivity index (χ3v) is 4.87. The van der Waals surface area contributed by atoms with Crippen LogP contribution >= 0.6 is 0 Å². The lowest BCUT2D eigenvalue weighted by Gasteiger charge is -2.33. The third-order valence-electron chi connectivity index (χ3n) is 4.87. The second-order valence-corrected chi connectivity index (χ2v) is 6.57. The van der Waals surface area contributed by atoms with Crippen molar-refractivity contribution in [2.24, 2.45) is 0 Å². The Kier molecular flexibility index (Phi) is 4.82. The first-order valence-corrected chi connectivity index (χ1v) is 9.00. The van der Waals surface area contributed by atoms with Crippen LogP contribution in [0.2, 0.25) is 0 Å². The molecule has 0 saturated carbocycles. The molecule has 0 radical (unpaired) electrons. The van der Waals surface area contributed by atoms with E-state index in [9.17, 15) is 0 Å². The van der Waals surface area contributed by atoms with E-state index in [1.165, 1.54) is 5.56 Å². The van der Waals surface area contributed by atoms with Gasteiger partial charge in [-0.15, -0.1) is 0 Å². The maximum atomic E-state index is 5.39. The average molecular weight is 349 g/mol. The van der Waals surface area contributed by atoms with Crippen molar-refractivity contribution < 1.29 is 4.74 Å². The Bertz CT molecular complexity index is 848. The molecule has 0 N–H and O–H groups in total. The minimum absolute atomic E-state index is 0.370. The quantitative estimate of drug-likeness (QED) is 0.708. The van der Waals surface area contributed by atoms with Gasteiger partial charge in [0.2, 0.25) is 0 Å². The molecule has 0 amide bonds. The van der Waals surface area contributed by atoms with Crippen molar-refractivity contribution in [3.63, 3.8) is 0 Å². The van der Waals surface area contributed by atoms with Crippen LogP contribution in [0.4, 0.5) is 5.82 Å². The van der Waals surface area contributed by atoms with Gasteiger partial charge in [-0.05, 0) is 18.4 Å². The van der Waals surface area contributed by atoms with Crippen LogP contribution in [0.1, 0.15) is 30.1 Å². The molecule has 3 aromatic rings. The molecule has 1 atom stereocenters. The predicted octanol–water partition coefficient (Wildman–Crippen LogP) is 3.11. The number of hydrogen-bond donors (Lipinski definition) is 0. The minimum Gasteiger partial charge on any atom is -0.478 e. The molecule has 1 aliphatic rings. The van der Waals surface area contributed by atoms with Gasteiger partial charge in [0.15, 0.2) is 5.82 Å². The highest BCUT2D eigenvalue weighted by Crippen LogP contribution is 2.31. The van der Waals surface area contributed by atoms with Crippen molar-refractivity contribution in [2.45, 2.75) is 25.3 Å². The molecule has 2 aromatic heterocycles. The van der Waals surface area contributed by atoms with Crippen molar-refractivity contribution in [2.75, 3.05) is 25.1 Å². The molecule has 1 aliphatic heterocycles. The zero-order valence-electron chi connectivity index (χ0n) is 15.0. The lowest BCUT2D eigenvalue weighted by atomic mass is 9.97. The van der Waals surface area contributed by atoms with E-state index >= 15 is 0 Å². The van der Waals surface area contributed by atoms with E-state index in [1.54, 1.807) is 19.5 Å². The Morgan fingerprint density at radius 1 is 1.08 bits per heavy atom. The van der Waals surface area contributed by atoms with Gasteiger partial charge in [0.05, 0.1) is 7.11 Å². The Morgan fingerprint density at radius 2 is 1.92 bits per heavy atom. The van der Waals surface area contributed by atoms with E-state index in [0.29, 0.717) is 11.8 Å². The summed E-state index contributed by atoms with van der Waals surface area (Å²) in [6.45, 7) is 2.69. The van der Waals surface area contributed by atoms with Crippen LogP contribution in [-0.4, -0.2) is 39.7 Å². The molecular formula is C20H23N5O. The zero-order valence-corrected chi connectivity index (χ0v) is 15.0. The number of benzene rings is 1. The highest BCUT2D eigenvalue weighted by Gasteiger charge is 2.27. The van der Waals surface area contributed by atoms with Gasteiger partial charge in [-0.3, -0.25) is 0 Å². The van der Waals surface area contributed by atoms with Crippen LogP contribution in [0.5, 0.6) is 5.88 Å². The minimum atomic E-state index is 0.370. The maximum Gasteiger partial charge on any atom is 0.257 e. The van der Waals surface area contributed by atoms with Gasteiger partial charge in [-0.1, -0.05) is 30.3 Å². The molecule has 1 fully saturated rings. The Morgan fingerprint density at radius 3 is 2.77 bits per heavy atom. The van der Waals surface area contributed by atoms with Gasteiger partial charge < -0.3 is 14.2 Å². The van der Waals surface area contributed by atoms with Crippen LogP contribution < -0.4 is 9.64 Å². The first-order chi connectivity index (χ1) is 12.8. The summed E-state index contributed by atoms with van der Waals surface area (Å²) in [7, 11) is 1.64. The first-order valence-electron chi connectivity index (χ1n) is 9.00. The van der Waals surface area contributed by atoms with Crippen molar-refractivity contribution in [1.82, 2.24) is 19.5 Å². The summed E-state index contributed by atoms with van der Waals surface area (Å²) in [6, 6.07) is 10.5. The fourth-order valence-corrected chi connectivity index (χ4v) is 3.65. The number of hydrogen-bond acceptors (Lipinski definition) is 5. The van der Waals surface area contributed by atoms with Crippen LogP contribution in [-0.2, 0) is 6.54 Å². The molecule has 6 nitrogen and oxygen atoms in total. The standard InChI is InChI=1S/C20H23N5O/c1-26-20-19(21-9-10-23-20)24-12-5-8-17(15-24)18-22-11-13-25(18)14-16-6-3-2-4-7-16/h2-4,6-7,9-11,13,17H,5,8,12,14-15H2,1H3/t17-/m0/s1. The summed E-state index contributed by atoms with van der Waals surface area (Å²) >= 11 is 0. The molecule has 1 aromatic carbocycles. The van der Waals surface area contributed by atoms with Crippen molar-refractivity contribution in [3.8, 4) is 5.88 Å². The maximum absolute atomic E-state index is 5.39. The number of aromatic nitrogens is 4. The summed E-state index contributed by atoms with van der Waals surface area (Å²) in [6.07, 6.45) is 9.59. The van der Waals surface area contributed by atoms with Gasteiger partial charge in [-0.25, -0.2) is 15.0 Å². The normalized spacial score (nSPS) is 17.3. The van der Waals surface area contributed by atoms with Crippen molar-refractivity contribution in [1.29, 1.82) is 0 Å².